The average molecular weight is 425 g/mol. The summed E-state index contributed by atoms with van der Waals surface area (Å²) >= 11 is 0. The lowest BCUT2D eigenvalue weighted by Crippen LogP contribution is -2.41. The van der Waals surface area contributed by atoms with E-state index in [1.54, 1.807) is 6.92 Å². The zero-order valence-electron chi connectivity index (χ0n) is 15.8. The van der Waals surface area contributed by atoms with Crippen molar-refractivity contribution < 1.29 is 27.3 Å². The van der Waals surface area contributed by atoms with E-state index in [0.29, 0.717) is 11.3 Å². The van der Waals surface area contributed by atoms with Crippen molar-refractivity contribution in [3.05, 3.63) is 64.0 Å². The maximum Gasteiger partial charge on any atom is 0.271 e. The van der Waals surface area contributed by atoms with E-state index in [1.165, 1.54) is 36.4 Å². The number of anilines is 1. The topological polar surface area (TPSA) is 119 Å². The summed E-state index contributed by atoms with van der Waals surface area (Å²) in [7, 11) is -3.87. The molecule has 0 spiro atoms. The Balaban J connectivity index is 2.01. The van der Waals surface area contributed by atoms with Gasteiger partial charge in [0.1, 0.15) is 24.7 Å². The summed E-state index contributed by atoms with van der Waals surface area (Å²) < 4.78 is 43.3. The second kappa shape index (κ2) is 9.32. The first-order valence-electron chi connectivity index (χ1n) is 8.46. The highest BCUT2D eigenvalue weighted by Gasteiger charge is 2.24. The van der Waals surface area contributed by atoms with E-state index in [2.05, 4.69) is 5.32 Å². The number of nitrogens with zero attached hydrogens (tertiary/aromatic N) is 2. The summed E-state index contributed by atoms with van der Waals surface area (Å²) in [5, 5.41) is 13.5. The predicted octanol–water partition coefficient (Wildman–Crippen LogP) is 2.00. The molecule has 2 aromatic rings. The van der Waals surface area contributed by atoms with E-state index in [4.69, 9.17) is 4.74 Å². The van der Waals surface area contributed by atoms with Gasteiger partial charge in [0.05, 0.1) is 23.4 Å². The Kier molecular flexibility index (Phi) is 7.10. The molecule has 0 aliphatic carbocycles. The molecule has 0 unspecified atom stereocenters. The van der Waals surface area contributed by atoms with Gasteiger partial charge in [0.25, 0.3) is 5.69 Å². The van der Waals surface area contributed by atoms with Crippen molar-refractivity contribution in [2.75, 3.05) is 30.3 Å². The number of amides is 1. The summed E-state index contributed by atoms with van der Waals surface area (Å²) in [5.41, 5.74) is 0.236. The minimum atomic E-state index is -3.87. The van der Waals surface area contributed by atoms with Gasteiger partial charge in [-0.2, -0.15) is 0 Å². The van der Waals surface area contributed by atoms with Crippen molar-refractivity contribution >= 4 is 27.3 Å². The third kappa shape index (κ3) is 6.42. The van der Waals surface area contributed by atoms with Gasteiger partial charge in [0.2, 0.25) is 15.9 Å². The third-order valence-electron chi connectivity index (χ3n) is 3.87. The molecule has 0 aliphatic rings. The van der Waals surface area contributed by atoms with Gasteiger partial charge in [-0.3, -0.25) is 19.2 Å². The number of aryl methyl sites for hydroxylation is 1. The number of hydrogen-bond acceptors (Lipinski definition) is 6. The molecule has 0 atom stereocenters. The Morgan fingerprint density at radius 3 is 2.48 bits per heavy atom. The first-order valence-corrected chi connectivity index (χ1v) is 10.3. The van der Waals surface area contributed by atoms with Gasteiger partial charge >= 0.3 is 0 Å². The molecule has 2 rings (SSSR count). The number of carbonyl (C=O) groups is 1. The van der Waals surface area contributed by atoms with E-state index >= 15 is 0 Å². The van der Waals surface area contributed by atoms with Crippen LogP contribution in [0.25, 0.3) is 0 Å². The highest BCUT2D eigenvalue weighted by Crippen LogP contribution is 2.27. The van der Waals surface area contributed by atoms with Crippen LogP contribution in [0.2, 0.25) is 0 Å². The Hall–Kier alpha value is -3.21. The van der Waals surface area contributed by atoms with Gasteiger partial charge in [0, 0.05) is 12.1 Å². The van der Waals surface area contributed by atoms with E-state index in [9.17, 15) is 27.7 Å². The van der Waals surface area contributed by atoms with Gasteiger partial charge in [0.15, 0.2) is 0 Å². The summed E-state index contributed by atoms with van der Waals surface area (Å²) in [6.45, 7) is 1.22. The fraction of sp³-hybridized carbons (Fsp3) is 0.278. The lowest BCUT2D eigenvalue weighted by atomic mass is 10.2. The number of benzene rings is 2. The number of carbonyl (C=O) groups excluding carboxylic acids is 1. The normalized spacial score (nSPS) is 11.0. The molecule has 9 nitrogen and oxygen atoms in total. The van der Waals surface area contributed by atoms with Crippen LogP contribution in [0.1, 0.15) is 5.56 Å². The number of sulfonamides is 1. The lowest BCUT2D eigenvalue weighted by Gasteiger charge is -2.23. The monoisotopic (exact) mass is 425 g/mol. The molecule has 1 amide bonds. The molecule has 0 bridgehead atoms. The Morgan fingerprint density at radius 2 is 1.90 bits per heavy atom. The van der Waals surface area contributed by atoms with Crippen LogP contribution in [-0.4, -0.2) is 45.2 Å². The molecule has 0 saturated heterocycles. The van der Waals surface area contributed by atoms with Crippen molar-refractivity contribution in [1.29, 1.82) is 0 Å². The molecule has 0 fully saturated rings. The number of halogens is 1. The van der Waals surface area contributed by atoms with Crippen LogP contribution in [0.3, 0.4) is 0 Å². The largest absolute Gasteiger partial charge is 0.492 e. The number of ether oxygens (including phenoxy) is 1. The number of nitrogens with one attached hydrogen (secondary N) is 1. The van der Waals surface area contributed by atoms with Gasteiger partial charge in [-0.1, -0.05) is 6.07 Å². The van der Waals surface area contributed by atoms with Crippen LogP contribution >= 0.6 is 0 Å². The van der Waals surface area contributed by atoms with Crippen LogP contribution in [0.15, 0.2) is 42.5 Å². The SMILES string of the molecule is Cc1ccc([N+](=O)[O-])cc1N(CC(=O)NCCOc1ccc(F)cc1)S(C)(=O)=O. The third-order valence-corrected chi connectivity index (χ3v) is 4.99. The van der Waals surface area contributed by atoms with Crippen molar-refractivity contribution in [3.8, 4) is 5.75 Å². The first-order chi connectivity index (χ1) is 13.6. The maximum absolute atomic E-state index is 12.8. The fourth-order valence-corrected chi connectivity index (χ4v) is 3.34. The first kappa shape index (κ1) is 22.1. The molecular formula is C18H20FN3O6S. The second-order valence-electron chi connectivity index (χ2n) is 6.15. The Bertz CT molecular complexity index is 995. The molecule has 2 aromatic carbocycles. The smallest absolute Gasteiger partial charge is 0.271 e. The predicted molar refractivity (Wildman–Crippen MR) is 105 cm³/mol. The van der Waals surface area contributed by atoms with E-state index in [0.717, 1.165) is 16.6 Å². The molecule has 156 valence electrons. The Morgan fingerprint density at radius 1 is 1.24 bits per heavy atom. The van der Waals surface area contributed by atoms with Crippen molar-refractivity contribution in [2.45, 2.75) is 6.92 Å². The van der Waals surface area contributed by atoms with Crippen LogP contribution < -0.4 is 14.4 Å². The molecule has 29 heavy (non-hydrogen) atoms. The molecular weight excluding hydrogens is 405 g/mol. The van der Waals surface area contributed by atoms with Crippen molar-refractivity contribution in [3.63, 3.8) is 0 Å². The molecule has 1 N–H and O–H groups in total. The summed E-state index contributed by atoms with van der Waals surface area (Å²) in [6.07, 6.45) is 0.913. The van der Waals surface area contributed by atoms with E-state index < -0.39 is 33.2 Å². The van der Waals surface area contributed by atoms with Crippen molar-refractivity contribution in [2.24, 2.45) is 0 Å². The highest BCUT2D eigenvalue weighted by molar-refractivity contribution is 7.92. The molecule has 0 aromatic heterocycles. The number of nitro groups is 1. The van der Waals surface area contributed by atoms with Gasteiger partial charge in [-0.15, -0.1) is 0 Å². The van der Waals surface area contributed by atoms with Gasteiger partial charge in [-0.25, -0.2) is 12.8 Å². The molecule has 11 heteroatoms. The lowest BCUT2D eigenvalue weighted by molar-refractivity contribution is -0.384. The standard InChI is InChI=1S/C18H20FN3O6S/c1-13-3-6-15(22(24)25)11-17(13)21(29(2,26)27)12-18(23)20-9-10-28-16-7-4-14(19)5-8-16/h3-8,11H,9-10,12H2,1-2H3,(H,20,23). The quantitative estimate of drug-likeness (QED) is 0.373. The molecule has 0 aliphatic heterocycles. The molecule has 0 radical (unpaired) electrons. The van der Waals surface area contributed by atoms with Crippen LogP contribution in [-0.2, 0) is 14.8 Å². The molecule has 0 saturated carbocycles. The minimum absolute atomic E-state index is 0.0550. The number of non-ortho nitro benzene ring substituents is 1. The minimum Gasteiger partial charge on any atom is -0.492 e. The Labute approximate surface area is 167 Å². The summed E-state index contributed by atoms with van der Waals surface area (Å²) in [4.78, 5) is 22.6. The highest BCUT2D eigenvalue weighted by atomic mass is 32.2. The fourth-order valence-electron chi connectivity index (χ4n) is 2.44. The second-order valence-corrected chi connectivity index (χ2v) is 8.06. The summed E-state index contributed by atoms with van der Waals surface area (Å²) in [6, 6.07) is 9.13. The average Bonchev–Trinajstić information content (AvgIpc) is 2.64. The van der Waals surface area contributed by atoms with Crippen LogP contribution in [0.5, 0.6) is 5.75 Å². The van der Waals surface area contributed by atoms with Crippen LogP contribution in [0.4, 0.5) is 15.8 Å². The van der Waals surface area contributed by atoms with E-state index in [-0.39, 0.29) is 24.5 Å². The zero-order valence-corrected chi connectivity index (χ0v) is 16.6. The molecule has 0 heterocycles. The van der Waals surface area contributed by atoms with E-state index in [1.807, 2.05) is 0 Å². The zero-order chi connectivity index (χ0) is 21.6. The van der Waals surface area contributed by atoms with Crippen LogP contribution in [0, 0.1) is 22.9 Å². The van der Waals surface area contributed by atoms with Gasteiger partial charge < -0.3 is 10.1 Å². The van der Waals surface area contributed by atoms with Gasteiger partial charge in [-0.05, 0) is 36.8 Å². The maximum atomic E-state index is 12.8. The number of hydrogen-bond donors (Lipinski definition) is 1. The number of rotatable bonds is 9. The summed E-state index contributed by atoms with van der Waals surface area (Å²) in [5.74, 6) is -0.586. The van der Waals surface area contributed by atoms with Crippen molar-refractivity contribution in [1.82, 2.24) is 5.32 Å². The number of nitro benzene ring substituents is 1.